The van der Waals surface area contributed by atoms with Crippen LogP contribution in [0.1, 0.15) is 12.5 Å². The number of hydrogen-bond donors (Lipinski definition) is 2. The molecule has 184 valence electrons. The highest BCUT2D eigenvalue weighted by molar-refractivity contribution is 5.93. The minimum Gasteiger partial charge on any atom is -0.399 e. The van der Waals surface area contributed by atoms with Gasteiger partial charge in [-0.1, -0.05) is 60.7 Å². The van der Waals surface area contributed by atoms with Gasteiger partial charge < -0.3 is 15.3 Å². The highest BCUT2D eigenvalue weighted by atomic mass is 16.6. The maximum Gasteiger partial charge on any atom is 0.270 e. The summed E-state index contributed by atoms with van der Waals surface area (Å²) in [6.07, 6.45) is 0. The molecule has 6 heteroatoms. The highest BCUT2D eigenvalue weighted by Gasteiger charge is 2.14. The van der Waals surface area contributed by atoms with E-state index in [0.717, 1.165) is 34.4 Å². The van der Waals surface area contributed by atoms with Crippen LogP contribution in [0.4, 0.5) is 11.4 Å². The monoisotopic (exact) mass is 488 g/mol. The van der Waals surface area contributed by atoms with Crippen molar-refractivity contribution in [2.75, 3.05) is 5.73 Å². The van der Waals surface area contributed by atoms with Gasteiger partial charge in [0.05, 0.1) is 10.6 Å². The van der Waals surface area contributed by atoms with Crippen LogP contribution >= 0.6 is 0 Å². The van der Waals surface area contributed by atoms with Gasteiger partial charge in [-0.15, -0.1) is 0 Å². The predicted molar refractivity (Wildman–Crippen MR) is 153 cm³/mol. The summed E-state index contributed by atoms with van der Waals surface area (Å²) in [6, 6.07) is 33.3. The largest absolute Gasteiger partial charge is 0.399 e. The van der Waals surface area contributed by atoms with Gasteiger partial charge in [0.2, 0.25) is 0 Å². The molecule has 0 saturated heterocycles. The SMILES string of the molecule is CCn1c(-c2ccccc2)c(C)c2cc(N)ccc21.O=[N+]([O-])c1ccc2[nH]c(-c3ccccc3)cc2c1. The van der Waals surface area contributed by atoms with Crippen molar-refractivity contribution in [2.45, 2.75) is 20.4 Å². The molecule has 0 saturated carbocycles. The van der Waals surface area contributed by atoms with E-state index in [9.17, 15) is 10.1 Å². The molecule has 0 unspecified atom stereocenters. The minimum absolute atomic E-state index is 0.112. The molecule has 4 aromatic carbocycles. The van der Waals surface area contributed by atoms with Crippen LogP contribution in [0.3, 0.4) is 0 Å². The summed E-state index contributed by atoms with van der Waals surface area (Å²) in [5.41, 5.74) is 14.9. The number of aromatic nitrogens is 2. The molecule has 0 bridgehead atoms. The molecule has 3 N–H and O–H groups in total. The van der Waals surface area contributed by atoms with E-state index in [2.05, 4.69) is 65.9 Å². The van der Waals surface area contributed by atoms with Crippen LogP contribution in [0.25, 0.3) is 44.3 Å². The summed E-state index contributed by atoms with van der Waals surface area (Å²) in [5, 5.41) is 12.8. The van der Waals surface area contributed by atoms with E-state index >= 15 is 0 Å². The zero-order chi connectivity index (χ0) is 25.9. The fourth-order valence-corrected chi connectivity index (χ4v) is 4.84. The van der Waals surface area contributed by atoms with Crippen molar-refractivity contribution < 1.29 is 4.92 Å². The summed E-state index contributed by atoms with van der Waals surface area (Å²) in [6.45, 7) is 5.32. The van der Waals surface area contributed by atoms with Crippen molar-refractivity contribution in [2.24, 2.45) is 0 Å². The van der Waals surface area contributed by atoms with E-state index in [0.29, 0.717) is 0 Å². The summed E-state index contributed by atoms with van der Waals surface area (Å²) in [5.74, 6) is 0. The maximum atomic E-state index is 10.7. The summed E-state index contributed by atoms with van der Waals surface area (Å²) < 4.78 is 2.36. The van der Waals surface area contributed by atoms with Gasteiger partial charge in [0, 0.05) is 51.9 Å². The van der Waals surface area contributed by atoms with Gasteiger partial charge in [-0.05, 0) is 60.9 Å². The lowest BCUT2D eigenvalue weighted by atomic mass is 10.1. The first-order valence-corrected chi connectivity index (χ1v) is 12.2. The lowest BCUT2D eigenvalue weighted by Crippen LogP contribution is -1.97. The van der Waals surface area contributed by atoms with Crippen LogP contribution in [0.5, 0.6) is 0 Å². The maximum absolute atomic E-state index is 10.7. The molecular formula is C31H28N4O2. The Hall–Kier alpha value is -4.84. The molecule has 0 radical (unpaired) electrons. The van der Waals surface area contributed by atoms with Crippen molar-refractivity contribution in [3.05, 3.63) is 119 Å². The number of aryl methyl sites for hydroxylation is 2. The number of hydrogen-bond acceptors (Lipinski definition) is 3. The van der Waals surface area contributed by atoms with Gasteiger partial charge >= 0.3 is 0 Å². The molecule has 0 aliphatic rings. The third-order valence-corrected chi connectivity index (χ3v) is 6.60. The normalized spacial score (nSPS) is 10.9. The Kier molecular flexibility index (Phi) is 6.47. The molecule has 37 heavy (non-hydrogen) atoms. The first-order valence-electron chi connectivity index (χ1n) is 12.2. The standard InChI is InChI=1S/C17H18N2.C14H10N2O2/c1-3-19-16-10-9-14(18)11-15(16)12(2)17(19)13-7-5-4-6-8-13;17-16(18)12-6-7-13-11(8-12)9-14(15-13)10-4-2-1-3-5-10/h4-11H,3,18H2,1-2H3;1-9,15H. The van der Waals surface area contributed by atoms with Gasteiger partial charge in [-0.2, -0.15) is 0 Å². The summed E-state index contributed by atoms with van der Waals surface area (Å²) in [4.78, 5) is 13.6. The van der Waals surface area contributed by atoms with Gasteiger partial charge in [0.15, 0.2) is 0 Å². The second-order valence-electron chi connectivity index (χ2n) is 8.94. The number of anilines is 1. The molecule has 0 fully saturated rings. The average Bonchev–Trinajstić information content (AvgIpc) is 3.48. The quantitative estimate of drug-likeness (QED) is 0.150. The Morgan fingerprint density at radius 2 is 1.54 bits per heavy atom. The van der Waals surface area contributed by atoms with E-state index in [1.807, 2.05) is 42.5 Å². The van der Waals surface area contributed by atoms with E-state index in [4.69, 9.17) is 5.73 Å². The van der Waals surface area contributed by atoms with Crippen LogP contribution in [0.15, 0.2) is 103 Å². The van der Waals surface area contributed by atoms with Crippen molar-refractivity contribution in [1.82, 2.24) is 9.55 Å². The highest BCUT2D eigenvalue weighted by Crippen LogP contribution is 2.34. The third kappa shape index (κ3) is 4.69. The van der Waals surface area contributed by atoms with Gasteiger partial charge in [0.25, 0.3) is 5.69 Å². The number of nitro groups is 1. The van der Waals surface area contributed by atoms with Crippen molar-refractivity contribution in [3.63, 3.8) is 0 Å². The third-order valence-electron chi connectivity index (χ3n) is 6.60. The number of nitrogens with one attached hydrogen (secondary N) is 1. The number of nitrogen functional groups attached to an aromatic ring is 1. The van der Waals surface area contributed by atoms with Crippen LogP contribution in [0, 0.1) is 17.0 Å². The number of nitrogens with zero attached hydrogens (tertiary/aromatic N) is 2. The van der Waals surface area contributed by atoms with Crippen LogP contribution in [-0.4, -0.2) is 14.5 Å². The number of rotatable bonds is 4. The lowest BCUT2D eigenvalue weighted by Gasteiger charge is -2.09. The first kappa shape index (κ1) is 23.9. The molecule has 6 rings (SSSR count). The van der Waals surface area contributed by atoms with E-state index in [1.54, 1.807) is 12.1 Å². The van der Waals surface area contributed by atoms with Crippen LogP contribution in [-0.2, 0) is 6.54 Å². The Morgan fingerprint density at radius 3 is 2.19 bits per heavy atom. The summed E-state index contributed by atoms with van der Waals surface area (Å²) >= 11 is 0. The fourth-order valence-electron chi connectivity index (χ4n) is 4.84. The van der Waals surface area contributed by atoms with Gasteiger partial charge in [0.1, 0.15) is 0 Å². The lowest BCUT2D eigenvalue weighted by molar-refractivity contribution is -0.384. The van der Waals surface area contributed by atoms with Crippen LogP contribution < -0.4 is 5.73 Å². The number of H-pyrrole nitrogens is 1. The molecule has 2 aromatic heterocycles. The first-order chi connectivity index (χ1) is 18.0. The molecule has 0 amide bonds. The summed E-state index contributed by atoms with van der Waals surface area (Å²) in [7, 11) is 0. The zero-order valence-electron chi connectivity index (χ0n) is 20.8. The number of fused-ring (bicyclic) bond motifs is 2. The van der Waals surface area contributed by atoms with Crippen LogP contribution in [0.2, 0.25) is 0 Å². The number of nitro benzene ring substituents is 1. The zero-order valence-corrected chi connectivity index (χ0v) is 20.8. The smallest absolute Gasteiger partial charge is 0.270 e. The van der Waals surface area contributed by atoms with Crippen molar-refractivity contribution in [1.29, 1.82) is 0 Å². The van der Waals surface area contributed by atoms with Crippen molar-refractivity contribution in [3.8, 4) is 22.5 Å². The molecule has 0 aliphatic carbocycles. The topological polar surface area (TPSA) is 89.9 Å². The minimum atomic E-state index is -0.380. The Morgan fingerprint density at radius 1 is 0.865 bits per heavy atom. The average molecular weight is 489 g/mol. The van der Waals surface area contributed by atoms with Gasteiger partial charge in [-0.3, -0.25) is 10.1 Å². The second kappa shape index (κ2) is 10.0. The Bertz CT molecular complexity index is 1700. The van der Waals surface area contributed by atoms with Gasteiger partial charge in [-0.25, -0.2) is 0 Å². The Balaban J connectivity index is 0.000000152. The van der Waals surface area contributed by atoms with Crippen molar-refractivity contribution >= 4 is 33.2 Å². The number of benzene rings is 4. The molecule has 0 spiro atoms. The number of aromatic amines is 1. The molecular weight excluding hydrogens is 460 g/mol. The second-order valence-corrected chi connectivity index (χ2v) is 8.94. The number of non-ortho nitro benzene ring substituents is 1. The number of nitrogens with two attached hydrogens (primary N) is 1. The molecule has 2 heterocycles. The van der Waals surface area contributed by atoms with E-state index in [-0.39, 0.29) is 10.6 Å². The molecule has 6 aromatic rings. The molecule has 6 nitrogen and oxygen atoms in total. The predicted octanol–water partition coefficient (Wildman–Crippen LogP) is 7.96. The van der Waals surface area contributed by atoms with E-state index in [1.165, 1.54) is 33.8 Å². The molecule has 0 atom stereocenters. The van der Waals surface area contributed by atoms with E-state index < -0.39 is 0 Å². The Labute approximate surface area is 215 Å². The molecule has 0 aliphatic heterocycles. The fraction of sp³-hybridized carbons (Fsp3) is 0.0968.